The lowest BCUT2D eigenvalue weighted by molar-refractivity contribution is -0.175. The Labute approximate surface area is 127 Å². The van der Waals surface area contributed by atoms with Crippen molar-refractivity contribution >= 4 is 23.1 Å². The predicted molar refractivity (Wildman–Crippen MR) is 76.9 cm³/mol. The quantitative estimate of drug-likeness (QED) is 0.762. The van der Waals surface area contributed by atoms with Gasteiger partial charge in [0.2, 0.25) is 5.91 Å². The molecule has 0 radical (unpaired) electrons. The SMILES string of the molecule is NC(=S)C1(NC(=O)COCC(F)(F)F)CCCCCCC1. The largest absolute Gasteiger partial charge is 0.411 e. The summed E-state index contributed by atoms with van der Waals surface area (Å²) in [6, 6.07) is 0. The summed E-state index contributed by atoms with van der Waals surface area (Å²) in [6.45, 7) is -2.09. The van der Waals surface area contributed by atoms with Crippen molar-refractivity contribution in [2.75, 3.05) is 13.2 Å². The Morgan fingerprint density at radius 2 is 1.71 bits per heavy atom. The molecule has 21 heavy (non-hydrogen) atoms. The molecule has 8 heteroatoms. The Morgan fingerprint density at radius 1 is 1.19 bits per heavy atom. The van der Waals surface area contributed by atoms with Crippen LogP contribution >= 0.6 is 12.2 Å². The van der Waals surface area contributed by atoms with Crippen molar-refractivity contribution < 1.29 is 22.7 Å². The van der Waals surface area contributed by atoms with Crippen LogP contribution in [0.5, 0.6) is 0 Å². The molecule has 0 aromatic rings. The number of alkyl halides is 3. The van der Waals surface area contributed by atoms with Crippen molar-refractivity contribution in [1.82, 2.24) is 5.32 Å². The Kier molecular flexibility index (Phi) is 6.86. The van der Waals surface area contributed by atoms with E-state index in [1.54, 1.807) is 0 Å². The van der Waals surface area contributed by atoms with Crippen molar-refractivity contribution in [3.05, 3.63) is 0 Å². The van der Waals surface area contributed by atoms with E-state index in [1.807, 2.05) is 0 Å². The van der Waals surface area contributed by atoms with Crippen LogP contribution in [0.25, 0.3) is 0 Å². The number of amides is 1. The molecule has 0 heterocycles. The van der Waals surface area contributed by atoms with Crippen LogP contribution in [-0.4, -0.2) is 35.8 Å². The first-order chi connectivity index (χ1) is 9.75. The molecule has 1 amide bonds. The Morgan fingerprint density at radius 3 is 2.19 bits per heavy atom. The first-order valence-electron chi connectivity index (χ1n) is 7.01. The molecule has 0 aromatic carbocycles. The van der Waals surface area contributed by atoms with E-state index >= 15 is 0 Å². The van der Waals surface area contributed by atoms with Crippen LogP contribution in [0.1, 0.15) is 44.9 Å². The summed E-state index contributed by atoms with van der Waals surface area (Å²) in [5.41, 5.74) is 4.97. The smallest absolute Gasteiger partial charge is 0.391 e. The topological polar surface area (TPSA) is 64.3 Å². The number of ether oxygens (including phenoxy) is 1. The van der Waals surface area contributed by atoms with Crippen molar-refractivity contribution in [3.8, 4) is 0 Å². The van der Waals surface area contributed by atoms with E-state index < -0.39 is 30.8 Å². The van der Waals surface area contributed by atoms with Gasteiger partial charge in [-0.15, -0.1) is 0 Å². The van der Waals surface area contributed by atoms with Crippen LogP contribution in [0.4, 0.5) is 13.2 Å². The summed E-state index contributed by atoms with van der Waals surface area (Å²) in [7, 11) is 0. The highest BCUT2D eigenvalue weighted by Crippen LogP contribution is 2.27. The molecule has 1 aliphatic rings. The first-order valence-corrected chi connectivity index (χ1v) is 7.41. The van der Waals surface area contributed by atoms with Crippen LogP contribution in [-0.2, 0) is 9.53 Å². The van der Waals surface area contributed by atoms with Crippen molar-refractivity contribution in [2.45, 2.75) is 56.7 Å². The first kappa shape index (κ1) is 18.2. The Hall–Kier alpha value is -0.890. The molecule has 0 unspecified atom stereocenters. The highest BCUT2D eigenvalue weighted by Gasteiger charge is 2.35. The summed E-state index contributed by atoms with van der Waals surface area (Å²) in [5, 5.41) is 2.69. The van der Waals surface area contributed by atoms with Gasteiger partial charge in [0.05, 0.1) is 10.5 Å². The number of carbonyl (C=O) groups is 1. The molecular weight excluding hydrogens is 305 g/mol. The number of carbonyl (C=O) groups excluding carboxylic acids is 1. The zero-order valence-corrected chi connectivity index (χ0v) is 12.6. The minimum Gasteiger partial charge on any atom is -0.391 e. The summed E-state index contributed by atoms with van der Waals surface area (Å²) < 4.78 is 40.3. The summed E-state index contributed by atoms with van der Waals surface area (Å²) in [4.78, 5) is 12.0. The Balaban J connectivity index is 2.56. The summed E-state index contributed by atoms with van der Waals surface area (Å²) >= 11 is 5.06. The number of halogens is 3. The van der Waals surface area contributed by atoms with Gasteiger partial charge in [-0.05, 0) is 12.8 Å². The zero-order valence-electron chi connectivity index (χ0n) is 11.8. The molecule has 1 fully saturated rings. The maximum Gasteiger partial charge on any atom is 0.411 e. The molecule has 1 aliphatic carbocycles. The number of nitrogens with two attached hydrogens (primary N) is 1. The third-order valence-electron chi connectivity index (χ3n) is 3.56. The van der Waals surface area contributed by atoms with Gasteiger partial charge in [-0.2, -0.15) is 13.2 Å². The molecule has 1 saturated carbocycles. The lowest BCUT2D eigenvalue weighted by Crippen LogP contribution is -2.57. The molecule has 3 N–H and O–H groups in total. The standard InChI is InChI=1S/C13H21F3N2O2S/c14-13(15,16)9-20-8-10(19)18-12(11(17)21)6-4-2-1-3-5-7-12/h1-9H2,(H2,17,21)(H,18,19). The lowest BCUT2D eigenvalue weighted by atomic mass is 9.83. The predicted octanol–water partition coefficient (Wildman–Crippen LogP) is 2.45. The average Bonchev–Trinajstić information content (AvgIpc) is 2.30. The number of nitrogens with one attached hydrogen (secondary N) is 1. The third-order valence-corrected chi connectivity index (χ3v) is 3.95. The molecule has 0 aliphatic heterocycles. The second-order valence-electron chi connectivity index (χ2n) is 5.37. The second kappa shape index (κ2) is 7.93. The van der Waals surface area contributed by atoms with Gasteiger partial charge in [-0.3, -0.25) is 4.79 Å². The highest BCUT2D eigenvalue weighted by molar-refractivity contribution is 7.80. The van der Waals surface area contributed by atoms with E-state index in [9.17, 15) is 18.0 Å². The van der Waals surface area contributed by atoms with E-state index in [-0.39, 0.29) is 4.99 Å². The van der Waals surface area contributed by atoms with E-state index in [0.29, 0.717) is 12.8 Å². The molecule has 4 nitrogen and oxygen atoms in total. The fourth-order valence-electron chi connectivity index (χ4n) is 2.50. The normalized spacial score (nSPS) is 19.4. The minimum absolute atomic E-state index is 0.188. The molecule has 0 bridgehead atoms. The molecule has 1 rings (SSSR count). The van der Waals surface area contributed by atoms with Gasteiger partial charge >= 0.3 is 6.18 Å². The number of hydrogen-bond acceptors (Lipinski definition) is 3. The van der Waals surface area contributed by atoms with E-state index in [4.69, 9.17) is 18.0 Å². The molecule has 122 valence electrons. The van der Waals surface area contributed by atoms with Gasteiger partial charge < -0.3 is 15.8 Å². The van der Waals surface area contributed by atoms with Crippen molar-refractivity contribution in [1.29, 1.82) is 0 Å². The van der Waals surface area contributed by atoms with Crippen LogP contribution in [0.15, 0.2) is 0 Å². The summed E-state index contributed by atoms with van der Waals surface area (Å²) in [5.74, 6) is -0.618. The van der Waals surface area contributed by atoms with Crippen molar-refractivity contribution in [3.63, 3.8) is 0 Å². The van der Waals surface area contributed by atoms with Crippen LogP contribution in [0.2, 0.25) is 0 Å². The molecular formula is C13H21F3N2O2S. The fraction of sp³-hybridized carbons (Fsp3) is 0.846. The fourth-order valence-corrected chi connectivity index (χ4v) is 2.76. The maximum atomic E-state index is 12.0. The maximum absolute atomic E-state index is 12.0. The van der Waals surface area contributed by atoms with E-state index in [1.165, 1.54) is 0 Å². The minimum atomic E-state index is -4.44. The van der Waals surface area contributed by atoms with Crippen molar-refractivity contribution in [2.24, 2.45) is 5.73 Å². The Bertz CT molecular complexity index is 367. The lowest BCUT2D eigenvalue weighted by Gasteiger charge is -2.35. The number of thiocarbonyl (C=S) groups is 1. The molecule has 0 aromatic heterocycles. The summed E-state index contributed by atoms with van der Waals surface area (Å²) in [6.07, 6.45) is 1.75. The molecule has 0 spiro atoms. The van der Waals surface area contributed by atoms with E-state index in [0.717, 1.165) is 32.1 Å². The highest BCUT2D eigenvalue weighted by atomic mass is 32.1. The van der Waals surface area contributed by atoms with Gasteiger partial charge in [-0.25, -0.2) is 0 Å². The second-order valence-corrected chi connectivity index (χ2v) is 5.81. The average molecular weight is 326 g/mol. The van der Waals surface area contributed by atoms with E-state index in [2.05, 4.69) is 10.1 Å². The number of rotatable bonds is 5. The monoisotopic (exact) mass is 326 g/mol. The number of hydrogen-bond donors (Lipinski definition) is 2. The van der Waals surface area contributed by atoms with Gasteiger partial charge in [0.15, 0.2) is 0 Å². The van der Waals surface area contributed by atoms with Crippen LogP contribution < -0.4 is 11.1 Å². The van der Waals surface area contributed by atoms with Gasteiger partial charge in [0.25, 0.3) is 0 Å². The zero-order chi connectivity index (χ0) is 15.9. The van der Waals surface area contributed by atoms with Crippen LogP contribution in [0, 0.1) is 0 Å². The van der Waals surface area contributed by atoms with Gasteiger partial charge in [0, 0.05) is 0 Å². The van der Waals surface area contributed by atoms with Gasteiger partial charge in [-0.1, -0.05) is 44.3 Å². The molecule has 0 atom stereocenters. The van der Waals surface area contributed by atoms with Gasteiger partial charge in [0.1, 0.15) is 13.2 Å². The molecule has 0 saturated heterocycles. The third kappa shape index (κ3) is 6.60. The van der Waals surface area contributed by atoms with Crippen LogP contribution in [0.3, 0.4) is 0 Å².